The number of aromatic nitrogens is 1. The number of hydrogen-bond donors (Lipinski definition) is 2. The fraction of sp³-hybridized carbons (Fsp3) is 0.190. The Morgan fingerprint density at radius 1 is 1.00 bits per heavy atom. The van der Waals surface area contributed by atoms with Crippen LogP contribution in [-0.4, -0.2) is 11.5 Å². The second kappa shape index (κ2) is 9.58. The Bertz CT molecular complexity index is 848. The average Bonchev–Trinajstić information content (AvgIpc) is 2.63. The van der Waals surface area contributed by atoms with Crippen LogP contribution in [0.3, 0.4) is 0 Å². The van der Waals surface area contributed by atoms with Crippen molar-refractivity contribution in [1.29, 1.82) is 0 Å². The molecule has 0 aliphatic carbocycles. The van der Waals surface area contributed by atoms with Crippen LogP contribution in [0.15, 0.2) is 60.8 Å². The normalized spacial score (nSPS) is 10.4. The van der Waals surface area contributed by atoms with E-state index in [-0.39, 0.29) is 12.4 Å². The van der Waals surface area contributed by atoms with Crippen molar-refractivity contribution in [2.45, 2.75) is 19.9 Å². The number of nitrogens with zero attached hydrogens (tertiary/aromatic N) is 1. The standard InChI is InChI=1S/C21H22ClN3.ClH/c1-15-11-19(14-25-21(15)23)18-4-2-3-17(12-18)13-24-10-9-16-5-7-20(22)8-6-16;/h2-8,11-12,14,24H,9-10,13H2,1H3,(H2,23,25);1H. The Hall–Kier alpha value is -2.07. The third-order valence-electron chi connectivity index (χ3n) is 4.21. The van der Waals surface area contributed by atoms with Crippen molar-refractivity contribution in [3.8, 4) is 11.1 Å². The van der Waals surface area contributed by atoms with Gasteiger partial charge in [0.05, 0.1) is 0 Å². The van der Waals surface area contributed by atoms with Gasteiger partial charge in [0.1, 0.15) is 5.82 Å². The Morgan fingerprint density at radius 2 is 1.77 bits per heavy atom. The molecule has 0 saturated carbocycles. The van der Waals surface area contributed by atoms with Gasteiger partial charge >= 0.3 is 0 Å². The predicted molar refractivity (Wildman–Crippen MR) is 113 cm³/mol. The van der Waals surface area contributed by atoms with Gasteiger partial charge in [0.15, 0.2) is 0 Å². The van der Waals surface area contributed by atoms with E-state index in [9.17, 15) is 0 Å². The first-order chi connectivity index (χ1) is 12.1. The van der Waals surface area contributed by atoms with Gasteiger partial charge in [-0.15, -0.1) is 12.4 Å². The topological polar surface area (TPSA) is 50.9 Å². The lowest BCUT2D eigenvalue weighted by molar-refractivity contribution is 0.687. The number of nitrogens with two attached hydrogens (primary N) is 1. The van der Waals surface area contributed by atoms with Crippen molar-refractivity contribution in [2.24, 2.45) is 0 Å². The first-order valence-electron chi connectivity index (χ1n) is 8.38. The molecule has 5 heteroatoms. The zero-order chi connectivity index (χ0) is 17.6. The summed E-state index contributed by atoms with van der Waals surface area (Å²) in [5, 5.41) is 4.27. The molecule has 0 saturated heterocycles. The molecular formula is C21H23Cl2N3. The molecule has 0 spiro atoms. The van der Waals surface area contributed by atoms with Gasteiger partial charge in [-0.05, 0) is 66.4 Å². The van der Waals surface area contributed by atoms with Crippen LogP contribution < -0.4 is 11.1 Å². The van der Waals surface area contributed by atoms with Gasteiger partial charge in [-0.2, -0.15) is 0 Å². The molecule has 3 nitrogen and oxygen atoms in total. The lowest BCUT2D eigenvalue weighted by Gasteiger charge is -2.09. The highest BCUT2D eigenvalue weighted by atomic mass is 35.5. The molecule has 0 radical (unpaired) electrons. The SMILES string of the molecule is Cc1cc(-c2cccc(CNCCc3ccc(Cl)cc3)c2)cnc1N.Cl. The zero-order valence-electron chi connectivity index (χ0n) is 14.7. The molecule has 0 amide bonds. The number of halogens is 2. The number of nitrogen functional groups attached to an aromatic ring is 1. The summed E-state index contributed by atoms with van der Waals surface area (Å²) in [6.45, 7) is 3.74. The predicted octanol–water partition coefficient (Wildman–Crippen LogP) is 5.05. The third kappa shape index (κ3) is 5.46. The van der Waals surface area contributed by atoms with Gasteiger partial charge < -0.3 is 11.1 Å². The van der Waals surface area contributed by atoms with Crippen molar-refractivity contribution >= 4 is 29.8 Å². The second-order valence-corrected chi connectivity index (χ2v) is 6.62. The summed E-state index contributed by atoms with van der Waals surface area (Å²) >= 11 is 5.91. The van der Waals surface area contributed by atoms with E-state index in [1.54, 1.807) is 0 Å². The Labute approximate surface area is 166 Å². The number of aryl methyl sites for hydroxylation is 1. The maximum absolute atomic E-state index is 5.91. The van der Waals surface area contributed by atoms with E-state index in [1.165, 1.54) is 11.1 Å². The van der Waals surface area contributed by atoms with Gasteiger partial charge in [0, 0.05) is 23.3 Å². The quantitative estimate of drug-likeness (QED) is 0.582. The highest BCUT2D eigenvalue weighted by Gasteiger charge is 2.03. The molecule has 0 bridgehead atoms. The molecule has 136 valence electrons. The number of benzene rings is 2. The summed E-state index contributed by atoms with van der Waals surface area (Å²) in [5.74, 6) is 0.587. The summed E-state index contributed by atoms with van der Waals surface area (Å²) in [6.07, 6.45) is 2.81. The van der Waals surface area contributed by atoms with E-state index in [4.69, 9.17) is 17.3 Å². The fourth-order valence-electron chi connectivity index (χ4n) is 2.72. The smallest absolute Gasteiger partial charge is 0.126 e. The molecule has 3 N–H and O–H groups in total. The molecule has 0 aliphatic rings. The lowest BCUT2D eigenvalue weighted by Crippen LogP contribution is -2.16. The van der Waals surface area contributed by atoms with Crippen LogP contribution in [-0.2, 0) is 13.0 Å². The number of rotatable bonds is 6. The maximum atomic E-state index is 5.91. The summed E-state index contributed by atoms with van der Waals surface area (Å²) in [7, 11) is 0. The van der Waals surface area contributed by atoms with Crippen molar-refractivity contribution in [2.75, 3.05) is 12.3 Å². The molecule has 1 heterocycles. The molecule has 3 aromatic rings. The Morgan fingerprint density at radius 3 is 2.50 bits per heavy atom. The van der Waals surface area contributed by atoms with Crippen LogP contribution in [0.2, 0.25) is 5.02 Å². The summed E-state index contributed by atoms with van der Waals surface area (Å²) in [5.41, 5.74) is 11.6. The van der Waals surface area contributed by atoms with Crippen LogP contribution in [0.1, 0.15) is 16.7 Å². The number of anilines is 1. The van der Waals surface area contributed by atoms with E-state index in [1.807, 2.05) is 25.3 Å². The van der Waals surface area contributed by atoms with Crippen LogP contribution in [0, 0.1) is 6.92 Å². The van der Waals surface area contributed by atoms with Crippen molar-refractivity contribution < 1.29 is 0 Å². The third-order valence-corrected chi connectivity index (χ3v) is 4.46. The van der Waals surface area contributed by atoms with Crippen molar-refractivity contribution in [3.05, 3.63) is 82.5 Å². The lowest BCUT2D eigenvalue weighted by atomic mass is 10.0. The van der Waals surface area contributed by atoms with Crippen LogP contribution in [0.25, 0.3) is 11.1 Å². The molecule has 0 fully saturated rings. The average molecular weight is 388 g/mol. The van der Waals surface area contributed by atoms with Gasteiger partial charge in [0.25, 0.3) is 0 Å². The second-order valence-electron chi connectivity index (χ2n) is 6.18. The highest BCUT2D eigenvalue weighted by Crippen LogP contribution is 2.22. The minimum atomic E-state index is 0. The summed E-state index contributed by atoms with van der Waals surface area (Å²) in [6, 6.07) is 18.6. The first-order valence-corrected chi connectivity index (χ1v) is 8.76. The van der Waals surface area contributed by atoms with Gasteiger partial charge in [-0.1, -0.05) is 41.9 Å². The van der Waals surface area contributed by atoms with Crippen molar-refractivity contribution in [3.63, 3.8) is 0 Å². The van der Waals surface area contributed by atoms with Crippen LogP contribution in [0.5, 0.6) is 0 Å². The molecular weight excluding hydrogens is 365 g/mol. The maximum Gasteiger partial charge on any atom is 0.126 e. The molecule has 26 heavy (non-hydrogen) atoms. The molecule has 0 aliphatic heterocycles. The van der Waals surface area contributed by atoms with Crippen molar-refractivity contribution in [1.82, 2.24) is 10.3 Å². The summed E-state index contributed by atoms with van der Waals surface area (Å²) < 4.78 is 0. The number of pyridine rings is 1. The van der Waals surface area contributed by atoms with Gasteiger partial charge in [-0.3, -0.25) is 0 Å². The van der Waals surface area contributed by atoms with Crippen LogP contribution in [0.4, 0.5) is 5.82 Å². The molecule has 0 atom stereocenters. The fourth-order valence-corrected chi connectivity index (χ4v) is 2.85. The highest BCUT2D eigenvalue weighted by molar-refractivity contribution is 6.30. The molecule has 3 rings (SSSR count). The minimum absolute atomic E-state index is 0. The Balaban J connectivity index is 0.00000243. The van der Waals surface area contributed by atoms with Gasteiger partial charge in [0.2, 0.25) is 0 Å². The molecule has 2 aromatic carbocycles. The monoisotopic (exact) mass is 387 g/mol. The summed E-state index contributed by atoms with van der Waals surface area (Å²) in [4.78, 5) is 4.25. The number of hydrogen-bond acceptors (Lipinski definition) is 3. The zero-order valence-corrected chi connectivity index (χ0v) is 16.3. The molecule has 0 unspecified atom stereocenters. The van der Waals surface area contributed by atoms with E-state index in [2.05, 4.69) is 52.8 Å². The van der Waals surface area contributed by atoms with E-state index in [0.717, 1.165) is 41.2 Å². The molecule has 1 aromatic heterocycles. The largest absolute Gasteiger partial charge is 0.383 e. The van der Waals surface area contributed by atoms with E-state index < -0.39 is 0 Å². The Kier molecular flexibility index (Phi) is 7.46. The van der Waals surface area contributed by atoms with E-state index >= 15 is 0 Å². The van der Waals surface area contributed by atoms with Gasteiger partial charge in [-0.25, -0.2) is 4.98 Å². The van der Waals surface area contributed by atoms with Crippen LogP contribution >= 0.6 is 24.0 Å². The first kappa shape index (κ1) is 20.2. The van der Waals surface area contributed by atoms with E-state index in [0.29, 0.717) is 5.82 Å². The number of nitrogens with one attached hydrogen (secondary N) is 1. The minimum Gasteiger partial charge on any atom is -0.383 e.